The standard InChI is InChI=1S/C32H42FN5O4/c1-19(39)10-6-5-7-11-27(37-32(42)29-12-8-9-15-38(29)4)31(41)34-18-25-20(2)28(35-21(25)3)17-24-23-16-22(33)13-14-26(23)36-30(24)40/h13-14,16-17,27,29,35H,5-12,15,18H2,1-4H3,(H,34,41)(H,36,40)(H,37,42)/b24-17-/t27-,29?/m0/s1. The minimum atomic E-state index is -0.681. The number of Topliss-reactive ketones (excluding diaryl/α,β-unsaturated/α-hetero) is 1. The van der Waals surface area contributed by atoms with Crippen LogP contribution < -0.4 is 16.0 Å². The van der Waals surface area contributed by atoms with Crippen LogP contribution in [0.5, 0.6) is 0 Å². The lowest BCUT2D eigenvalue weighted by atomic mass is 10.0. The van der Waals surface area contributed by atoms with Crippen LogP contribution in [0.4, 0.5) is 10.1 Å². The topological polar surface area (TPSA) is 123 Å². The van der Waals surface area contributed by atoms with Crippen LogP contribution in [-0.4, -0.2) is 59.1 Å². The molecule has 0 radical (unpaired) electrons. The maximum Gasteiger partial charge on any atom is 0.256 e. The van der Waals surface area contributed by atoms with E-state index in [1.807, 2.05) is 25.8 Å². The van der Waals surface area contributed by atoms with E-state index >= 15 is 0 Å². The third-order valence-electron chi connectivity index (χ3n) is 8.35. The summed E-state index contributed by atoms with van der Waals surface area (Å²) in [5, 5.41) is 8.77. The molecule has 3 heterocycles. The van der Waals surface area contributed by atoms with Crippen LogP contribution in [0.3, 0.4) is 0 Å². The van der Waals surface area contributed by atoms with Gasteiger partial charge in [0.15, 0.2) is 0 Å². The summed E-state index contributed by atoms with van der Waals surface area (Å²) in [4.78, 5) is 55.8. The zero-order chi connectivity index (χ0) is 30.4. The molecule has 1 aromatic carbocycles. The molecule has 1 fully saturated rings. The number of likely N-dealkylation sites (tertiary alicyclic amines) is 1. The number of aromatic amines is 1. The second kappa shape index (κ2) is 13.9. The van der Waals surface area contributed by atoms with Crippen molar-refractivity contribution < 1.29 is 23.6 Å². The van der Waals surface area contributed by atoms with E-state index in [1.54, 1.807) is 19.1 Å². The van der Waals surface area contributed by atoms with E-state index in [0.717, 1.165) is 61.9 Å². The average molecular weight is 580 g/mol. The van der Waals surface area contributed by atoms with E-state index in [9.17, 15) is 23.6 Å². The zero-order valence-electron chi connectivity index (χ0n) is 25.0. The molecule has 2 aliphatic rings. The quantitative estimate of drug-likeness (QED) is 0.219. The SMILES string of the molecule is CC(=O)CCCCC[C@H](NC(=O)C1CCCCN1C)C(=O)NCc1c(C)[nH]c(/C=C2\C(=O)Nc3ccc(F)cc32)c1C. The van der Waals surface area contributed by atoms with Gasteiger partial charge in [0.25, 0.3) is 5.91 Å². The molecule has 2 aliphatic heterocycles. The van der Waals surface area contributed by atoms with Crippen molar-refractivity contribution in [3.05, 3.63) is 52.1 Å². The van der Waals surface area contributed by atoms with Crippen molar-refractivity contribution >= 4 is 40.8 Å². The van der Waals surface area contributed by atoms with Crippen molar-refractivity contribution in [2.24, 2.45) is 0 Å². The summed E-state index contributed by atoms with van der Waals surface area (Å²) in [7, 11) is 1.94. The number of carbonyl (C=O) groups is 4. The average Bonchev–Trinajstić information content (AvgIpc) is 3.39. The number of fused-ring (bicyclic) bond motifs is 1. The molecule has 3 amide bonds. The molecule has 0 spiro atoms. The summed E-state index contributed by atoms with van der Waals surface area (Å²) >= 11 is 0. The normalized spacial score (nSPS) is 18.5. The Morgan fingerprint density at radius 3 is 2.69 bits per heavy atom. The molecule has 1 aromatic heterocycles. The van der Waals surface area contributed by atoms with Gasteiger partial charge in [-0.15, -0.1) is 0 Å². The van der Waals surface area contributed by atoms with Gasteiger partial charge in [0, 0.05) is 35.6 Å². The molecule has 2 atom stereocenters. The number of anilines is 1. The van der Waals surface area contributed by atoms with Gasteiger partial charge in [0.05, 0.1) is 11.6 Å². The molecule has 1 saturated heterocycles. The molecule has 10 heteroatoms. The van der Waals surface area contributed by atoms with Crippen LogP contribution >= 0.6 is 0 Å². The lowest BCUT2D eigenvalue weighted by Crippen LogP contribution is -2.54. The Bertz CT molecular complexity index is 1380. The van der Waals surface area contributed by atoms with E-state index in [2.05, 4.69) is 20.9 Å². The Hall–Kier alpha value is -3.79. The van der Waals surface area contributed by atoms with Crippen LogP contribution in [0.15, 0.2) is 18.2 Å². The van der Waals surface area contributed by atoms with Gasteiger partial charge in [0.1, 0.15) is 17.6 Å². The predicted molar refractivity (Wildman–Crippen MR) is 161 cm³/mol. The van der Waals surface area contributed by atoms with E-state index < -0.39 is 11.9 Å². The minimum Gasteiger partial charge on any atom is -0.359 e. The van der Waals surface area contributed by atoms with Crippen LogP contribution in [0.1, 0.15) is 86.4 Å². The first-order chi connectivity index (χ1) is 20.0. The molecule has 9 nitrogen and oxygen atoms in total. The second-order valence-electron chi connectivity index (χ2n) is 11.5. The molecule has 42 heavy (non-hydrogen) atoms. The highest BCUT2D eigenvalue weighted by atomic mass is 19.1. The molecule has 4 N–H and O–H groups in total. The van der Waals surface area contributed by atoms with Gasteiger partial charge in [-0.3, -0.25) is 19.3 Å². The van der Waals surface area contributed by atoms with E-state index in [4.69, 9.17) is 0 Å². The number of likely N-dealkylation sites (N-methyl/N-ethyl adjacent to an activating group) is 1. The lowest BCUT2D eigenvalue weighted by Gasteiger charge is -2.32. The highest BCUT2D eigenvalue weighted by Crippen LogP contribution is 2.34. The first-order valence-electron chi connectivity index (χ1n) is 14.8. The Balaban J connectivity index is 1.45. The number of amides is 3. The summed E-state index contributed by atoms with van der Waals surface area (Å²) in [6, 6.07) is 3.26. The van der Waals surface area contributed by atoms with Gasteiger partial charge >= 0.3 is 0 Å². The molecule has 0 aliphatic carbocycles. The molecule has 226 valence electrons. The Morgan fingerprint density at radius 1 is 1.17 bits per heavy atom. The number of aryl methyl sites for hydroxylation is 1. The summed E-state index contributed by atoms with van der Waals surface area (Å²) in [5.74, 6) is -0.962. The van der Waals surface area contributed by atoms with Crippen molar-refractivity contribution in [1.29, 1.82) is 0 Å². The molecule has 0 saturated carbocycles. The number of H-pyrrole nitrogens is 1. The minimum absolute atomic E-state index is 0.129. The van der Waals surface area contributed by atoms with Gasteiger partial charge in [-0.2, -0.15) is 0 Å². The smallest absolute Gasteiger partial charge is 0.256 e. The number of unbranched alkanes of at least 4 members (excludes halogenated alkanes) is 2. The maximum absolute atomic E-state index is 13.9. The van der Waals surface area contributed by atoms with E-state index in [0.29, 0.717) is 35.4 Å². The fourth-order valence-corrected chi connectivity index (χ4v) is 5.81. The molecule has 4 rings (SSSR count). The summed E-state index contributed by atoms with van der Waals surface area (Å²) in [5.41, 5.74) is 4.73. The number of halogens is 1. The van der Waals surface area contributed by atoms with Gasteiger partial charge in [0.2, 0.25) is 11.8 Å². The lowest BCUT2D eigenvalue weighted by molar-refractivity contribution is -0.132. The van der Waals surface area contributed by atoms with Crippen LogP contribution in [-0.2, 0) is 25.7 Å². The first kappa shape index (κ1) is 31.2. The highest BCUT2D eigenvalue weighted by molar-refractivity contribution is 6.34. The van der Waals surface area contributed by atoms with E-state index in [1.165, 1.54) is 12.1 Å². The van der Waals surface area contributed by atoms with Crippen molar-refractivity contribution in [3.63, 3.8) is 0 Å². The number of benzene rings is 1. The summed E-state index contributed by atoms with van der Waals surface area (Å²) < 4.78 is 13.9. The van der Waals surface area contributed by atoms with Crippen molar-refractivity contribution in [3.8, 4) is 0 Å². The molecule has 0 bridgehead atoms. The van der Waals surface area contributed by atoms with Crippen molar-refractivity contribution in [2.75, 3.05) is 18.9 Å². The number of aromatic nitrogens is 1. The highest BCUT2D eigenvalue weighted by Gasteiger charge is 2.30. The largest absolute Gasteiger partial charge is 0.359 e. The number of nitrogens with zero attached hydrogens (tertiary/aromatic N) is 1. The van der Waals surface area contributed by atoms with E-state index in [-0.39, 0.29) is 36.1 Å². The fraction of sp³-hybridized carbons (Fsp3) is 0.500. The number of rotatable bonds is 12. The van der Waals surface area contributed by atoms with Gasteiger partial charge in [-0.25, -0.2) is 4.39 Å². The molecular formula is C32H42FN5O4. The molecule has 1 unspecified atom stereocenters. The third-order valence-corrected chi connectivity index (χ3v) is 8.35. The maximum atomic E-state index is 13.9. The number of hydrogen-bond acceptors (Lipinski definition) is 5. The van der Waals surface area contributed by atoms with Crippen LogP contribution in [0, 0.1) is 19.7 Å². The number of ketones is 1. The fourth-order valence-electron chi connectivity index (χ4n) is 5.81. The summed E-state index contributed by atoms with van der Waals surface area (Å²) in [6.07, 6.45) is 7.80. The third kappa shape index (κ3) is 7.53. The monoisotopic (exact) mass is 579 g/mol. The Labute approximate surface area is 246 Å². The van der Waals surface area contributed by atoms with Gasteiger partial charge < -0.3 is 25.7 Å². The second-order valence-corrected chi connectivity index (χ2v) is 11.5. The summed E-state index contributed by atoms with van der Waals surface area (Å²) in [6.45, 7) is 6.47. The van der Waals surface area contributed by atoms with Crippen molar-refractivity contribution in [1.82, 2.24) is 20.5 Å². The number of nitrogens with one attached hydrogen (secondary N) is 4. The van der Waals surface area contributed by atoms with Crippen molar-refractivity contribution in [2.45, 2.75) is 90.8 Å². The molecule has 2 aromatic rings. The van der Waals surface area contributed by atoms with Crippen LogP contribution in [0.25, 0.3) is 11.6 Å². The Kier molecular flexibility index (Phi) is 10.3. The number of piperidine rings is 1. The zero-order valence-corrected chi connectivity index (χ0v) is 25.0. The molecular weight excluding hydrogens is 537 g/mol. The first-order valence-corrected chi connectivity index (χ1v) is 14.8. The number of hydrogen-bond donors (Lipinski definition) is 4. The van der Waals surface area contributed by atoms with Crippen LogP contribution in [0.2, 0.25) is 0 Å². The predicted octanol–water partition coefficient (Wildman–Crippen LogP) is 4.39. The number of carbonyl (C=O) groups excluding carboxylic acids is 4. The van der Waals surface area contributed by atoms with Gasteiger partial charge in [-0.05, 0) is 95.4 Å². The van der Waals surface area contributed by atoms with Gasteiger partial charge in [-0.1, -0.05) is 19.3 Å². The Morgan fingerprint density at radius 2 is 1.95 bits per heavy atom.